The lowest BCUT2D eigenvalue weighted by Gasteiger charge is -2.33. The van der Waals surface area contributed by atoms with Crippen LogP contribution in [0.3, 0.4) is 0 Å². The van der Waals surface area contributed by atoms with Crippen molar-refractivity contribution in [1.29, 1.82) is 0 Å². The predicted molar refractivity (Wildman–Crippen MR) is 54.1 cm³/mol. The summed E-state index contributed by atoms with van der Waals surface area (Å²) in [6, 6.07) is 0. The molecule has 1 N–H and O–H groups in total. The number of alkyl halides is 1. The van der Waals surface area contributed by atoms with E-state index in [1.807, 2.05) is 0 Å². The highest BCUT2D eigenvalue weighted by Crippen LogP contribution is 2.31. The highest BCUT2D eigenvalue weighted by molar-refractivity contribution is 6.19. The highest BCUT2D eigenvalue weighted by atomic mass is 35.5. The van der Waals surface area contributed by atoms with Gasteiger partial charge in [-0.2, -0.15) is 0 Å². The van der Waals surface area contributed by atoms with E-state index in [1.165, 1.54) is 5.57 Å². The molecule has 2 nitrogen and oxygen atoms in total. The molecule has 1 aliphatic carbocycles. The summed E-state index contributed by atoms with van der Waals surface area (Å²) < 4.78 is 5.60. The van der Waals surface area contributed by atoms with E-state index in [0.29, 0.717) is 12.5 Å². The molecule has 0 heterocycles. The van der Waals surface area contributed by atoms with Gasteiger partial charge < -0.3 is 9.84 Å². The van der Waals surface area contributed by atoms with E-state index in [9.17, 15) is 0 Å². The lowest BCUT2D eigenvalue weighted by Crippen LogP contribution is -2.32. The normalized spacial score (nSPS) is 28.7. The van der Waals surface area contributed by atoms with Crippen LogP contribution in [-0.4, -0.2) is 29.8 Å². The smallest absolute Gasteiger partial charge is 0.0705 e. The van der Waals surface area contributed by atoms with Crippen molar-refractivity contribution >= 4 is 11.6 Å². The summed E-state index contributed by atoms with van der Waals surface area (Å²) >= 11 is 5.77. The molecule has 0 aliphatic heterocycles. The Morgan fingerprint density at radius 1 is 1.69 bits per heavy atom. The topological polar surface area (TPSA) is 29.5 Å². The van der Waals surface area contributed by atoms with Gasteiger partial charge in [0, 0.05) is 5.88 Å². The molecule has 13 heavy (non-hydrogen) atoms. The summed E-state index contributed by atoms with van der Waals surface area (Å²) in [5, 5.41) is 8.67. The van der Waals surface area contributed by atoms with Gasteiger partial charge in [0.25, 0.3) is 0 Å². The first kappa shape index (κ1) is 11.0. The number of allylic oxidation sites excluding steroid dienone is 1. The zero-order chi connectivity index (χ0) is 9.73. The Morgan fingerprint density at radius 3 is 3.08 bits per heavy atom. The summed E-state index contributed by atoms with van der Waals surface area (Å²) in [5.41, 5.74) is 1.15. The van der Waals surface area contributed by atoms with Crippen LogP contribution < -0.4 is 0 Å². The molecule has 0 saturated heterocycles. The largest absolute Gasteiger partial charge is 0.394 e. The van der Waals surface area contributed by atoms with Crippen molar-refractivity contribution in [3.05, 3.63) is 11.6 Å². The summed E-state index contributed by atoms with van der Waals surface area (Å²) in [5.74, 6) is 0.595. The fourth-order valence-electron chi connectivity index (χ4n) is 1.74. The quantitative estimate of drug-likeness (QED) is 0.562. The Bertz CT molecular complexity index is 191. The van der Waals surface area contributed by atoms with E-state index in [4.69, 9.17) is 21.4 Å². The first-order valence-corrected chi connectivity index (χ1v) is 5.22. The second kappa shape index (κ2) is 4.99. The van der Waals surface area contributed by atoms with Gasteiger partial charge in [-0.25, -0.2) is 0 Å². The first-order valence-electron chi connectivity index (χ1n) is 4.69. The number of aliphatic hydroxyl groups is 1. The second-order valence-corrected chi connectivity index (χ2v) is 4.00. The van der Waals surface area contributed by atoms with E-state index in [1.54, 1.807) is 0 Å². The molecule has 0 radical (unpaired) electrons. The molecule has 76 valence electrons. The van der Waals surface area contributed by atoms with E-state index in [-0.39, 0.29) is 12.2 Å². The molecule has 0 amide bonds. The van der Waals surface area contributed by atoms with Crippen LogP contribution in [0.2, 0.25) is 0 Å². The number of aliphatic hydroxyl groups excluding tert-OH is 1. The van der Waals surface area contributed by atoms with Crippen LogP contribution in [0.1, 0.15) is 26.2 Å². The number of ether oxygens (including phenoxy) is 1. The molecule has 0 bridgehead atoms. The fourth-order valence-corrected chi connectivity index (χ4v) is 1.94. The first-order chi connectivity index (χ1) is 6.20. The van der Waals surface area contributed by atoms with Crippen LogP contribution in [0, 0.1) is 0 Å². The standard InChI is InChI=1S/C10H17ClO2/c1-10(13-6-5-12)4-2-3-9(7-10)8-11/h3,12H,2,4-8H2,1H3. The SMILES string of the molecule is CC1(OCCO)CCC=C(CCl)C1. The molecule has 0 saturated carbocycles. The molecule has 0 spiro atoms. The van der Waals surface area contributed by atoms with E-state index in [0.717, 1.165) is 19.3 Å². The summed E-state index contributed by atoms with van der Waals surface area (Å²) in [7, 11) is 0. The van der Waals surface area contributed by atoms with Crippen LogP contribution in [0.25, 0.3) is 0 Å². The molecule has 0 aromatic rings. The van der Waals surface area contributed by atoms with Crippen molar-refractivity contribution in [2.24, 2.45) is 0 Å². The third-order valence-corrected chi connectivity index (χ3v) is 2.76. The molecule has 1 aliphatic rings. The molecule has 0 aromatic heterocycles. The Balaban J connectivity index is 2.46. The minimum absolute atomic E-state index is 0.0928. The van der Waals surface area contributed by atoms with Crippen LogP contribution in [0.4, 0.5) is 0 Å². The van der Waals surface area contributed by atoms with Gasteiger partial charge in [-0.3, -0.25) is 0 Å². The number of halogens is 1. The summed E-state index contributed by atoms with van der Waals surface area (Å²) in [6.07, 6.45) is 5.14. The molecule has 1 unspecified atom stereocenters. The van der Waals surface area contributed by atoms with Gasteiger partial charge in [-0.15, -0.1) is 11.6 Å². The van der Waals surface area contributed by atoms with Gasteiger partial charge in [0.05, 0.1) is 18.8 Å². The van der Waals surface area contributed by atoms with Crippen molar-refractivity contribution < 1.29 is 9.84 Å². The van der Waals surface area contributed by atoms with E-state index >= 15 is 0 Å². The van der Waals surface area contributed by atoms with Crippen LogP contribution in [0.15, 0.2) is 11.6 Å². The zero-order valence-corrected chi connectivity index (χ0v) is 8.81. The maximum Gasteiger partial charge on any atom is 0.0705 e. The van der Waals surface area contributed by atoms with E-state index < -0.39 is 0 Å². The number of hydrogen-bond acceptors (Lipinski definition) is 2. The average Bonchev–Trinajstić information content (AvgIpc) is 2.15. The van der Waals surface area contributed by atoms with Crippen molar-refractivity contribution in [2.45, 2.75) is 31.8 Å². The molecule has 1 atom stereocenters. The number of rotatable bonds is 4. The molecule has 1 rings (SSSR count). The van der Waals surface area contributed by atoms with Gasteiger partial charge in [0.15, 0.2) is 0 Å². The lowest BCUT2D eigenvalue weighted by molar-refractivity contribution is -0.0525. The third-order valence-electron chi connectivity index (χ3n) is 2.42. The van der Waals surface area contributed by atoms with Crippen molar-refractivity contribution in [1.82, 2.24) is 0 Å². The third kappa shape index (κ3) is 3.29. The monoisotopic (exact) mass is 204 g/mol. The Kier molecular flexibility index (Phi) is 4.23. The molecular weight excluding hydrogens is 188 g/mol. The van der Waals surface area contributed by atoms with Crippen LogP contribution in [0.5, 0.6) is 0 Å². The molecular formula is C10H17ClO2. The van der Waals surface area contributed by atoms with Gasteiger partial charge in [-0.05, 0) is 26.2 Å². The minimum Gasteiger partial charge on any atom is -0.394 e. The number of hydrogen-bond donors (Lipinski definition) is 1. The second-order valence-electron chi connectivity index (χ2n) is 3.73. The Morgan fingerprint density at radius 2 is 2.46 bits per heavy atom. The summed E-state index contributed by atoms with van der Waals surface area (Å²) in [4.78, 5) is 0. The Labute approximate surface area is 84.5 Å². The van der Waals surface area contributed by atoms with Crippen LogP contribution in [-0.2, 0) is 4.74 Å². The van der Waals surface area contributed by atoms with Crippen molar-refractivity contribution in [2.75, 3.05) is 19.1 Å². The van der Waals surface area contributed by atoms with Gasteiger partial charge >= 0.3 is 0 Å². The van der Waals surface area contributed by atoms with Crippen molar-refractivity contribution in [3.63, 3.8) is 0 Å². The average molecular weight is 205 g/mol. The van der Waals surface area contributed by atoms with Gasteiger partial charge in [0.1, 0.15) is 0 Å². The highest BCUT2D eigenvalue weighted by Gasteiger charge is 2.28. The maximum absolute atomic E-state index is 8.67. The lowest BCUT2D eigenvalue weighted by atomic mass is 9.86. The summed E-state index contributed by atoms with van der Waals surface area (Å²) in [6.45, 7) is 2.60. The maximum atomic E-state index is 8.67. The molecule has 3 heteroatoms. The minimum atomic E-state index is -0.109. The van der Waals surface area contributed by atoms with Crippen LogP contribution >= 0.6 is 11.6 Å². The van der Waals surface area contributed by atoms with E-state index in [2.05, 4.69) is 13.0 Å². The fraction of sp³-hybridized carbons (Fsp3) is 0.800. The van der Waals surface area contributed by atoms with Gasteiger partial charge in [0.2, 0.25) is 0 Å². The molecule has 0 fully saturated rings. The Hall–Kier alpha value is -0.0500. The zero-order valence-electron chi connectivity index (χ0n) is 8.05. The van der Waals surface area contributed by atoms with Gasteiger partial charge in [-0.1, -0.05) is 11.6 Å². The molecule has 0 aromatic carbocycles. The predicted octanol–water partition coefficient (Wildman–Crippen LogP) is 2.10. The van der Waals surface area contributed by atoms with Crippen molar-refractivity contribution in [3.8, 4) is 0 Å².